The number of methoxy groups -OCH3 is 1. The van der Waals surface area contributed by atoms with E-state index in [-0.39, 0.29) is 10.6 Å². The Hall–Kier alpha value is -2.54. The molecule has 1 N–H and O–H groups in total. The van der Waals surface area contributed by atoms with E-state index in [0.29, 0.717) is 16.2 Å². The third-order valence-corrected chi connectivity index (χ3v) is 9.43. The normalized spacial score (nSPS) is 14.1. The second-order valence-electron chi connectivity index (χ2n) is 8.05. The van der Waals surface area contributed by atoms with Gasteiger partial charge < -0.3 is 14.6 Å². The van der Waals surface area contributed by atoms with Crippen LogP contribution in [0.2, 0.25) is 5.02 Å². The van der Waals surface area contributed by atoms with Crippen molar-refractivity contribution in [1.82, 2.24) is 4.57 Å². The second-order valence-corrected chi connectivity index (χ2v) is 12.7. The summed E-state index contributed by atoms with van der Waals surface area (Å²) in [6.45, 7) is 0. The number of hydrogen-bond donors (Lipinski definition) is 1. The maximum Gasteiger partial charge on any atom is 0.341 e. The Kier molecular flexibility index (Phi) is 7.46. The first-order valence-electron chi connectivity index (χ1n) is 10.6. The lowest BCUT2D eigenvalue weighted by Crippen LogP contribution is -2.28. The smallest absolute Gasteiger partial charge is 0.341 e. The number of fused-ring (bicyclic) bond motifs is 2. The summed E-state index contributed by atoms with van der Waals surface area (Å²) in [4.78, 5) is 42.5. The third kappa shape index (κ3) is 5.66. The number of esters is 1. The predicted octanol–water partition coefficient (Wildman–Crippen LogP) is 3.10. The van der Waals surface area contributed by atoms with E-state index in [9.17, 15) is 22.8 Å². The molecule has 0 atom stereocenters. The molecule has 1 aromatic carbocycles. The minimum absolute atomic E-state index is 0.274. The monoisotopic (exact) mass is 555 g/mol. The number of amides is 2. The van der Waals surface area contributed by atoms with E-state index in [2.05, 4.69) is 10.3 Å². The number of anilines is 1. The number of rotatable bonds is 6. The van der Waals surface area contributed by atoms with Crippen LogP contribution >= 0.6 is 34.3 Å². The van der Waals surface area contributed by atoms with E-state index in [0.717, 1.165) is 39.9 Å². The number of nitrogens with one attached hydrogen (secondary N) is 1. The van der Waals surface area contributed by atoms with Gasteiger partial charge in [0.2, 0.25) is 5.91 Å². The molecule has 0 bridgehead atoms. The first kappa shape index (κ1) is 25.5. The minimum atomic E-state index is -4.10. The minimum Gasteiger partial charge on any atom is -0.465 e. The number of aromatic nitrogens is 1. The lowest BCUT2D eigenvalue weighted by molar-refractivity contribution is -0.115. The largest absolute Gasteiger partial charge is 0.465 e. The molecule has 0 spiro atoms. The fourth-order valence-corrected chi connectivity index (χ4v) is 7.55. The number of aryl methyl sites for hydroxylation is 2. The number of thiophene rings is 1. The van der Waals surface area contributed by atoms with Crippen LogP contribution in [0.3, 0.4) is 0 Å². The number of carbonyl (C=O) groups excluding carboxylic acids is 3. The molecule has 0 saturated carbocycles. The molecule has 9 nitrogen and oxygen atoms in total. The van der Waals surface area contributed by atoms with Crippen LogP contribution in [0.1, 0.15) is 33.6 Å². The number of ether oxygens (including phenoxy) is 1. The zero-order chi connectivity index (χ0) is 25.3. The molecule has 0 fully saturated rings. The molecular formula is C22H22ClN3O6S3. The van der Waals surface area contributed by atoms with Gasteiger partial charge in [0.05, 0.1) is 22.9 Å². The van der Waals surface area contributed by atoms with E-state index < -0.39 is 39.1 Å². The fraction of sp³-hybridized carbons (Fsp3) is 0.364. The van der Waals surface area contributed by atoms with Gasteiger partial charge in [-0.25, -0.2) is 13.2 Å². The fourth-order valence-electron chi connectivity index (χ4n) is 3.93. The number of benzene rings is 1. The molecule has 2 heterocycles. The number of halogens is 1. The van der Waals surface area contributed by atoms with E-state index >= 15 is 0 Å². The molecule has 2 aromatic heterocycles. The standard InChI is InChI=1S/C22H22ClN3O6S3/c1-26-14-8-7-12(23)9-16(14)34-22(26)25-18(28)11-35(30,31)10-17(27)24-20-19(21(29)32-2)13-5-3-4-6-15(13)33-20/h7-9H,3-6,10-11H2,1-2H3,(H,24,27). The number of hydrogen-bond acceptors (Lipinski definition) is 8. The summed E-state index contributed by atoms with van der Waals surface area (Å²) in [6, 6.07) is 5.22. The summed E-state index contributed by atoms with van der Waals surface area (Å²) in [5.74, 6) is -4.11. The van der Waals surface area contributed by atoms with Crippen molar-refractivity contribution in [3.63, 3.8) is 0 Å². The third-order valence-electron chi connectivity index (χ3n) is 5.50. The molecule has 4 rings (SSSR count). The van der Waals surface area contributed by atoms with Gasteiger partial charge in [0.25, 0.3) is 5.91 Å². The molecule has 0 unspecified atom stereocenters. The van der Waals surface area contributed by atoms with Gasteiger partial charge in [-0.05, 0) is 49.4 Å². The second kappa shape index (κ2) is 10.2. The highest BCUT2D eigenvalue weighted by Crippen LogP contribution is 2.38. The van der Waals surface area contributed by atoms with Crippen molar-refractivity contribution < 1.29 is 27.5 Å². The van der Waals surface area contributed by atoms with Gasteiger partial charge in [0.1, 0.15) is 16.5 Å². The van der Waals surface area contributed by atoms with Crippen LogP contribution in [0.25, 0.3) is 10.2 Å². The number of thiazole rings is 1. The van der Waals surface area contributed by atoms with E-state index in [1.165, 1.54) is 29.8 Å². The molecule has 0 saturated heterocycles. The molecule has 35 heavy (non-hydrogen) atoms. The Morgan fingerprint density at radius 3 is 2.66 bits per heavy atom. The summed E-state index contributed by atoms with van der Waals surface area (Å²) in [7, 11) is -1.14. The van der Waals surface area contributed by atoms with Crippen molar-refractivity contribution in [2.24, 2.45) is 12.0 Å². The van der Waals surface area contributed by atoms with Gasteiger partial charge in [-0.2, -0.15) is 4.99 Å². The predicted molar refractivity (Wildman–Crippen MR) is 136 cm³/mol. The highest BCUT2D eigenvalue weighted by atomic mass is 35.5. The Balaban J connectivity index is 1.48. The van der Waals surface area contributed by atoms with Crippen molar-refractivity contribution in [2.75, 3.05) is 23.9 Å². The van der Waals surface area contributed by atoms with Gasteiger partial charge in [0.15, 0.2) is 14.6 Å². The van der Waals surface area contributed by atoms with E-state index in [1.54, 1.807) is 29.8 Å². The van der Waals surface area contributed by atoms with Crippen molar-refractivity contribution >= 4 is 77.1 Å². The Morgan fingerprint density at radius 1 is 1.17 bits per heavy atom. The molecule has 0 aliphatic heterocycles. The number of carbonyl (C=O) groups is 3. The maximum atomic E-state index is 12.6. The Morgan fingerprint density at radius 2 is 1.91 bits per heavy atom. The first-order chi connectivity index (χ1) is 16.6. The molecule has 1 aliphatic carbocycles. The average Bonchev–Trinajstić information content (AvgIpc) is 3.28. The molecule has 2 amide bonds. The van der Waals surface area contributed by atoms with Crippen molar-refractivity contribution in [2.45, 2.75) is 25.7 Å². The molecule has 3 aromatic rings. The van der Waals surface area contributed by atoms with Crippen molar-refractivity contribution in [3.05, 3.63) is 44.0 Å². The van der Waals surface area contributed by atoms with Crippen molar-refractivity contribution in [3.8, 4) is 0 Å². The summed E-state index contributed by atoms with van der Waals surface area (Å²) >= 11 is 8.46. The highest BCUT2D eigenvalue weighted by molar-refractivity contribution is 7.92. The molecule has 186 valence electrons. The van der Waals surface area contributed by atoms with Crippen LogP contribution in [0.15, 0.2) is 23.2 Å². The summed E-state index contributed by atoms with van der Waals surface area (Å²) in [5, 5.41) is 3.35. The number of sulfone groups is 1. The van der Waals surface area contributed by atoms with Crippen LogP contribution in [-0.2, 0) is 44.1 Å². The Bertz CT molecular complexity index is 1520. The van der Waals surface area contributed by atoms with Gasteiger partial charge in [-0.15, -0.1) is 11.3 Å². The van der Waals surface area contributed by atoms with Crippen LogP contribution in [0.4, 0.5) is 5.00 Å². The van der Waals surface area contributed by atoms with Gasteiger partial charge in [-0.3, -0.25) is 9.59 Å². The zero-order valence-corrected chi connectivity index (χ0v) is 22.1. The lowest BCUT2D eigenvalue weighted by Gasteiger charge is -2.11. The highest BCUT2D eigenvalue weighted by Gasteiger charge is 2.28. The van der Waals surface area contributed by atoms with Gasteiger partial charge in [0, 0.05) is 16.9 Å². The summed E-state index contributed by atoms with van der Waals surface area (Å²) < 4.78 is 32.4. The molecule has 13 heteroatoms. The molecular weight excluding hydrogens is 534 g/mol. The van der Waals surface area contributed by atoms with Gasteiger partial charge in [-0.1, -0.05) is 22.9 Å². The Labute approximate surface area is 214 Å². The topological polar surface area (TPSA) is 124 Å². The number of nitrogens with zero attached hydrogens (tertiary/aromatic N) is 2. The SMILES string of the molecule is COC(=O)c1c(NC(=O)CS(=O)(=O)CC(=O)N=c2sc3cc(Cl)ccc3n2C)sc2c1CCCC2. The zero-order valence-electron chi connectivity index (χ0n) is 18.9. The van der Waals surface area contributed by atoms with E-state index in [4.69, 9.17) is 16.3 Å². The van der Waals surface area contributed by atoms with Crippen LogP contribution in [0, 0.1) is 0 Å². The average molecular weight is 556 g/mol. The van der Waals surface area contributed by atoms with Crippen LogP contribution < -0.4 is 10.1 Å². The molecule has 1 aliphatic rings. The van der Waals surface area contributed by atoms with E-state index in [1.807, 2.05) is 0 Å². The van der Waals surface area contributed by atoms with Gasteiger partial charge >= 0.3 is 5.97 Å². The van der Waals surface area contributed by atoms with Crippen LogP contribution in [-0.4, -0.2) is 49.4 Å². The molecule has 0 radical (unpaired) electrons. The van der Waals surface area contributed by atoms with Crippen molar-refractivity contribution in [1.29, 1.82) is 0 Å². The summed E-state index contributed by atoms with van der Waals surface area (Å²) in [5.41, 5.74) is 1.92. The lowest BCUT2D eigenvalue weighted by atomic mass is 9.95. The maximum absolute atomic E-state index is 12.6. The quantitative estimate of drug-likeness (QED) is 0.466. The summed E-state index contributed by atoms with van der Waals surface area (Å²) in [6.07, 6.45) is 3.38. The van der Waals surface area contributed by atoms with Crippen LogP contribution in [0.5, 0.6) is 0 Å². The first-order valence-corrected chi connectivity index (χ1v) is 14.5.